The van der Waals surface area contributed by atoms with Gasteiger partial charge in [0.1, 0.15) is 5.76 Å². The third kappa shape index (κ3) is 2.44. The van der Waals surface area contributed by atoms with Crippen LogP contribution in [0.15, 0.2) is 47.1 Å². The number of hydrogen-bond acceptors (Lipinski definition) is 3. The highest BCUT2D eigenvalue weighted by Gasteiger charge is 2.04. The van der Waals surface area contributed by atoms with Gasteiger partial charge in [0, 0.05) is 19.3 Å². The second-order valence-corrected chi connectivity index (χ2v) is 3.81. The largest absolute Gasteiger partial charge is 0.467 e. The molecule has 2 N–H and O–H groups in total. The van der Waals surface area contributed by atoms with Gasteiger partial charge in [-0.25, -0.2) is 0 Å². The lowest BCUT2D eigenvalue weighted by Gasteiger charge is -2.18. The second kappa shape index (κ2) is 4.86. The first-order valence-corrected chi connectivity index (χ1v) is 5.32. The van der Waals surface area contributed by atoms with Gasteiger partial charge >= 0.3 is 0 Å². The average molecular weight is 216 g/mol. The third-order valence-electron chi connectivity index (χ3n) is 2.56. The van der Waals surface area contributed by atoms with Gasteiger partial charge in [-0.05, 0) is 29.8 Å². The van der Waals surface area contributed by atoms with Gasteiger partial charge < -0.3 is 15.1 Å². The Morgan fingerprint density at radius 3 is 2.81 bits per heavy atom. The maximum atomic E-state index is 5.62. The quantitative estimate of drug-likeness (QED) is 0.853. The Hall–Kier alpha value is -1.74. The summed E-state index contributed by atoms with van der Waals surface area (Å²) in [6, 6.07) is 12.1. The molecule has 0 aliphatic rings. The van der Waals surface area contributed by atoms with Gasteiger partial charge in [-0.15, -0.1) is 0 Å². The Kier molecular flexibility index (Phi) is 3.27. The molecule has 0 saturated carbocycles. The molecule has 0 aliphatic carbocycles. The lowest BCUT2D eigenvalue weighted by molar-refractivity contribution is 0.507. The van der Waals surface area contributed by atoms with Crippen molar-refractivity contribution in [2.24, 2.45) is 5.73 Å². The van der Waals surface area contributed by atoms with Crippen molar-refractivity contribution in [2.75, 3.05) is 11.9 Å². The molecule has 1 aromatic carbocycles. The van der Waals surface area contributed by atoms with E-state index in [9.17, 15) is 0 Å². The van der Waals surface area contributed by atoms with Crippen LogP contribution in [0.3, 0.4) is 0 Å². The van der Waals surface area contributed by atoms with E-state index in [-0.39, 0.29) is 0 Å². The number of nitrogens with zero attached hydrogens (tertiary/aromatic N) is 1. The normalized spacial score (nSPS) is 10.4. The Morgan fingerprint density at radius 2 is 2.12 bits per heavy atom. The number of anilines is 1. The molecule has 1 heterocycles. The molecule has 0 amide bonds. The van der Waals surface area contributed by atoms with Crippen molar-refractivity contribution in [1.82, 2.24) is 0 Å². The Balaban J connectivity index is 2.11. The molecule has 0 saturated heterocycles. The van der Waals surface area contributed by atoms with Gasteiger partial charge in [-0.3, -0.25) is 0 Å². The van der Waals surface area contributed by atoms with Gasteiger partial charge in [0.25, 0.3) is 0 Å². The molecule has 3 nitrogen and oxygen atoms in total. The monoisotopic (exact) mass is 216 g/mol. The van der Waals surface area contributed by atoms with E-state index in [4.69, 9.17) is 10.2 Å². The van der Waals surface area contributed by atoms with Gasteiger partial charge in [0.2, 0.25) is 0 Å². The second-order valence-electron chi connectivity index (χ2n) is 3.81. The number of hydrogen-bond donors (Lipinski definition) is 1. The highest BCUT2D eigenvalue weighted by Crippen LogP contribution is 2.17. The Labute approximate surface area is 95.5 Å². The molecule has 2 rings (SSSR count). The van der Waals surface area contributed by atoms with Crippen LogP contribution in [0.25, 0.3) is 0 Å². The summed E-state index contributed by atoms with van der Waals surface area (Å²) in [5.74, 6) is 0.959. The zero-order valence-electron chi connectivity index (χ0n) is 9.39. The standard InChI is InChI=1S/C13H16N2O/c1-15(10-13-6-3-7-16-13)12-5-2-4-11(8-12)9-14/h2-8H,9-10,14H2,1H3. The maximum absolute atomic E-state index is 5.62. The zero-order chi connectivity index (χ0) is 11.4. The smallest absolute Gasteiger partial charge is 0.123 e. The van der Waals surface area contributed by atoms with E-state index < -0.39 is 0 Å². The fourth-order valence-electron chi connectivity index (χ4n) is 1.65. The van der Waals surface area contributed by atoms with Crippen molar-refractivity contribution >= 4 is 5.69 Å². The molecule has 84 valence electrons. The van der Waals surface area contributed by atoms with Crippen LogP contribution in [0.2, 0.25) is 0 Å². The minimum atomic E-state index is 0.572. The van der Waals surface area contributed by atoms with Gasteiger partial charge in [0.05, 0.1) is 12.8 Å². The van der Waals surface area contributed by atoms with E-state index in [0.29, 0.717) is 6.54 Å². The number of benzene rings is 1. The van der Waals surface area contributed by atoms with Crippen LogP contribution in [-0.2, 0) is 13.1 Å². The molecule has 0 aliphatic heterocycles. The number of rotatable bonds is 4. The van der Waals surface area contributed by atoms with E-state index in [1.54, 1.807) is 6.26 Å². The van der Waals surface area contributed by atoms with E-state index in [1.807, 2.05) is 31.3 Å². The molecule has 0 unspecified atom stereocenters. The highest BCUT2D eigenvalue weighted by atomic mass is 16.3. The van der Waals surface area contributed by atoms with E-state index in [1.165, 1.54) is 0 Å². The molecule has 3 heteroatoms. The van der Waals surface area contributed by atoms with Crippen LogP contribution in [-0.4, -0.2) is 7.05 Å². The molecule has 0 spiro atoms. The van der Waals surface area contributed by atoms with Crippen LogP contribution in [0.4, 0.5) is 5.69 Å². The van der Waals surface area contributed by atoms with Crippen LogP contribution in [0.5, 0.6) is 0 Å². The van der Waals surface area contributed by atoms with Crippen molar-refractivity contribution in [3.63, 3.8) is 0 Å². The van der Waals surface area contributed by atoms with Gasteiger partial charge in [-0.2, -0.15) is 0 Å². The van der Waals surface area contributed by atoms with Gasteiger partial charge in [-0.1, -0.05) is 12.1 Å². The number of furan rings is 1. The maximum Gasteiger partial charge on any atom is 0.123 e. The summed E-state index contributed by atoms with van der Waals surface area (Å²) in [7, 11) is 2.04. The summed E-state index contributed by atoms with van der Waals surface area (Å²) < 4.78 is 5.32. The average Bonchev–Trinajstić information content (AvgIpc) is 2.82. The Morgan fingerprint density at radius 1 is 1.25 bits per heavy atom. The molecule has 16 heavy (non-hydrogen) atoms. The molecule has 0 atom stereocenters. The predicted octanol–water partition coefficient (Wildman–Crippen LogP) is 2.37. The lowest BCUT2D eigenvalue weighted by Crippen LogP contribution is -2.16. The first kappa shape index (κ1) is 10.8. The zero-order valence-corrected chi connectivity index (χ0v) is 9.39. The summed E-state index contributed by atoms with van der Waals surface area (Å²) in [5, 5.41) is 0. The molecular formula is C13H16N2O. The van der Waals surface area contributed by atoms with Crippen LogP contribution >= 0.6 is 0 Å². The van der Waals surface area contributed by atoms with Crippen molar-refractivity contribution in [2.45, 2.75) is 13.1 Å². The number of nitrogens with two attached hydrogens (primary N) is 1. The highest BCUT2D eigenvalue weighted by molar-refractivity contribution is 5.48. The SMILES string of the molecule is CN(Cc1ccco1)c1cccc(CN)c1. The first-order valence-electron chi connectivity index (χ1n) is 5.32. The van der Waals surface area contributed by atoms with Crippen molar-refractivity contribution in [3.05, 3.63) is 54.0 Å². The van der Waals surface area contributed by atoms with Crippen LogP contribution < -0.4 is 10.6 Å². The van der Waals surface area contributed by atoms with Crippen molar-refractivity contribution < 1.29 is 4.42 Å². The summed E-state index contributed by atoms with van der Waals surface area (Å²) in [5.41, 5.74) is 7.91. The molecule has 1 aromatic heterocycles. The third-order valence-corrected chi connectivity index (χ3v) is 2.56. The Bertz CT molecular complexity index is 437. The topological polar surface area (TPSA) is 42.4 Å². The summed E-state index contributed by atoms with van der Waals surface area (Å²) in [4.78, 5) is 2.14. The van der Waals surface area contributed by atoms with Crippen LogP contribution in [0.1, 0.15) is 11.3 Å². The lowest BCUT2D eigenvalue weighted by atomic mass is 10.2. The summed E-state index contributed by atoms with van der Waals surface area (Å²) in [6.07, 6.45) is 1.69. The van der Waals surface area contributed by atoms with Crippen molar-refractivity contribution in [3.8, 4) is 0 Å². The molecule has 0 radical (unpaired) electrons. The van der Waals surface area contributed by atoms with Crippen molar-refractivity contribution in [1.29, 1.82) is 0 Å². The predicted molar refractivity (Wildman–Crippen MR) is 65.1 cm³/mol. The molecular weight excluding hydrogens is 200 g/mol. The fraction of sp³-hybridized carbons (Fsp3) is 0.231. The van der Waals surface area contributed by atoms with E-state index in [2.05, 4.69) is 17.0 Å². The molecule has 0 bridgehead atoms. The van der Waals surface area contributed by atoms with Gasteiger partial charge in [0.15, 0.2) is 0 Å². The molecule has 2 aromatic rings. The fourth-order valence-corrected chi connectivity index (χ4v) is 1.65. The summed E-state index contributed by atoms with van der Waals surface area (Å²) >= 11 is 0. The van der Waals surface area contributed by atoms with E-state index >= 15 is 0 Å². The minimum absolute atomic E-state index is 0.572. The first-order chi connectivity index (χ1) is 7.79. The minimum Gasteiger partial charge on any atom is -0.467 e. The summed E-state index contributed by atoms with van der Waals surface area (Å²) in [6.45, 7) is 1.34. The van der Waals surface area contributed by atoms with E-state index in [0.717, 1.165) is 23.6 Å². The van der Waals surface area contributed by atoms with Crippen LogP contribution in [0, 0.1) is 0 Å². The molecule has 0 fully saturated rings.